The van der Waals surface area contributed by atoms with Crippen LogP contribution in [-0.2, 0) is 35.9 Å². The number of nitrogens with zero attached hydrogens (tertiary/aromatic N) is 3. The van der Waals surface area contributed by atoms with Gasteiger partial charge in [-0.15, -0.1) is 0 Å². The van der Waals surface area contributed by atoms with E-state index in [1.807, 2.05) is 0 Å². The standard InChI is InChI=1S/C19H22F3N5O2/c1-26-11-13(10-25-26)9-24-17(28)8-16-18(29)23-6-7-27(16)12-14-4-2-3-5-15(14)19(20,21)22/h2-5,10-11,16H,6-9,12H2,1H3,(H,23,29)(H,24,28). The molecular weight excluding hydrogens is 387 g/mol. The first-order chi connectivity index (χ1) is 13.7. The molecule has 1 aliphatic rings. The van der Waals surface area contributed by atoms with Gasteiger partial charge in [-0.1, -0.05) is 18.2 Å². The van der Waals surface area contributed by atoms with Crippen molar-refractivity contribution < 1.29 is 22.8 Å². The number of aromatic nitrogens is 2. The van der Waals surface area contributed by atoms with E-state index < -0.39 is 17.8 Å². The molecule has 29 heavy (non-hydrogen) atoms. The fourth-order valence-corrected chi connectivity index (χ4v) is 3.34. The van der Waals surface area contributed by atoms with E-state index in [9.17, 15) is 22.8 Å². The second-order valence-corrected chi connectivity index (χ2v) is 6.94. The normalized spacial score (nSPS) is 17.8. The zero-order chi connectivity index (χ0) is 21.0. The Bertz CT molecular complexity index is 881. The monoisotopic (exact) mass is 409 g/mol. The molecule has 7 nitrogen and oxygen atoms in total. The minimum atomic E-state index is -4.48. The average Bonchev–Trinajstić information content (AvgIpc) is 3.08. The van der Waals surface area contributed by atoms with Crippen LogP contribution in [0, 0.1) is 0 Å². The van der Waals surface area contributed by atoms with Gasteiger partial charge >= 0.3 is 6.18 Å². The number of benzene rings is 1. The highest BCUT2D eigenvalue weighted by Gasteiger charge is 2.36. The van der Waals surface area contributed by atoms with E-state index in [4.69, 9.17) is 0 Å². The molecule has 2 aromatic rings. The Morgan fingerprint density at radius 3 is 2.79 bits per heavy atom. The molecule has 1 aromatic heterocycles. The number of nitrogens with one attached hydrogen (secondary N) is 2. The first-order valence-corrected chi connectivity index (χ1v) is 9.15. The summed E-state index contributed by atoms with van der Waals surface area (Å²) in [5.74, 6) is -0.720. The maximum absolute atomic E-state index is 13.3. The maximum atomic E-state index is 13.3. The molecule has 0 radical (unpaired) electrons. The van der Waals surface area contributed by atoms with Gasteiger partial charge < -0.3 is 10.6 Å². The Hall–Kier alpha value is -2.88. The van der Waals surface area contributed by atoms with Crippen molar-refractivity contribution in [2.75, 3.05) is 13.1 Å². The number of rotatable bonds is 6. The number of hydrogen-bond acceptors (Lipinski definition) is 4. The molecule has 1 aliphatic heterocycles. The molecule has 1 saturated heterocycles. The van der Waals surface area contributed by atoms with E-state index in [1.54, 1.807) is 29.0 Å². The van der Waals surface area contributed by atoms with Crippen molar-refractivity contribution in [1.29, 1.82) is 0 Å². The van der Waals surface area contributed by atoms with Crippen LogP contribution >= 0.6 is 0 Å². The zero-order valence-corrected chi connectivity index (χ0v) is 15.9. The van der Waals surface area contributed by atoms with Gasteiger partial charge in [-0.25, -0.2) is 0 Å². The Kier molecular flexibility index (Phi) is 6.21. The molecule has 1 fully saturated rings. The molecule has 0 saturated carbocycles. The van der Waals surface area contributed by atoms with Crippen LogP contribution in [0.3, 0.4) is 0 Å². The van der Waals surface area contributed by atoms with Crippen molar-refractivity contribution in [1.82, 2.24) is 25.3 Å². The molecule has 10 heteroatoms. The summed E-state index contributed by atoms with van der Waals surface area (Å²) in [4.78, 5) is 26.3. The smallest absolute Gasteiger partial charge is 0.353 e. The number of carbonyl (C=O) groups is 2. The lowest BCUT2D eigenvalue weighted by molar-refractivity contribution is -0.139. The van der Waals surface area contributed by atoms with Crippen LogP contribution in [0.15, 0.2) is 36.7 Å². The van der Waals surface area contributed by atoms with Gasteiger partial charge in [0.15, 0.2) is 0 Å². The molecule has 2 heterocycles. The number of hydrogen-bond donors (Lipinski definition) is 2. The van der Waals surface area contributed by atoms with Gasteiger partial charge in [0, 0.05) is 45.0 Å². The molecule has 0 spiro atoms. The van der Waals surface area contributed by atoms with Gasteiger partial charge in [0.1, 0.15) is 0 Å². The largest absolute Gasteiger partial charge is 0.416 e. The third kappa shape index (κ3) is 5.35. The van der Waals surface area contributed by atoms with Crippen LogP contribution in [0.25, 0.3) is 0 Å². The molecule has 0 bridgehead atoms. The highest BCUT2D eigenvalue weighted by molar-refractivity contribution is 5.88. The molecular formula is C19H22F3N5O2. The van der Waals surface area contributed by atoms with Crippen LogP contribution in [0.2, 0.25) is 0 Å². The third-order valence-corrected chi connectivity index (χ3v) is 4.76. The Balaban J connectivity index is 1.68. The van der Waals surface area contributed by atoms with Crippen LogP contribution < -0.4 is 10.6 Å². The summed E-state index contributed by atoms with van der Waals surface area (Å²) in [6, 6.07) is 4.45. The number of aryl methyl sites for hydroxylation is 1. The summed E-state index contributed by atoms with van der Waals surface area (Å²) >= 11 is 0. The number of carbonyl (C=O) groups excluding carboxylic acids is 2. The van der Waals surface area contributed by atoms with E-state index in [-0.39, 0.29) is 36.9 Å². The van der Waals surface area contributed by atoms with Crippen molar-refractivity contribution in [2.45, 2.75) is 31.7 Å². The van der Waals surface area contributed by atoms with Crippen LogP contribution in [0.1, 0.15) is 23.1 Å². The third-order valence-electron chi connectivity index (χ3n) is 4.76. The van der Waals surface area contributed by atoms with Gasteiger partial charge in [-0.2, -0.15) is 18.3 Å². The fraction of sp³-hybridized carbons (Fsp3) is 0.421. The van der Waals surface area contributed by atoms with Crippen molar-refractivity contribution in [3.63, 3.8) is 0 Å². The van der Waals surface area contributed by atoms with E-state index in [2.05, 4.69) is 15.7 Å². The number of alkyl halides is 3. The summed E-state index contributed by atoms with van der Waals surface area (Å²) in [5, 5.41) is 9.41. The molecule has 0 aliphatic carbocycles. The molecule has 2 amide bonds. The highest BCUT2D eigenvalue weighted by atomic mass is 19.4. The molecule has 2 N–H and O–H groups in total. The summed E-state index contributed by atoms with van der Waals surface area (Å²) in [6.45, 7) is 0.876. The van der Waals surface area contributed by atoms with Crippen molar-refractivity contribution in [2.24, 2.45) is 7.05 Å². The molecule has 156 valence electrons. The van der Waals surface area contributed by atoms with Gasteiger partial charge in [0.05, 0.1) is 24.2 Å². The van der Waals surface area contributed by atoms with Gasteiger partial charge in [0.25, 0.3) is 0 Å². The summed E-state index contributed by atoms with van der Waals surface area (Å²) in [6.07, 6.45) is -1.24. The van der Waals surface area contributed by atoms with Gasteiger partial charge in [0.2, 0.25) is 11.8 Å². The first-order valence-electron chi connectivity index (χ1n) is 9.15. The summed E-state index contributed by atoms with van der Waals surface area (Å²) < 4.78 is 41.5. The van der Waals surface area contributed by atoms with Crippen LogP contribution in [0.5, 0.6) is 0 Å². The van der Waals surface area contributed by atoms with Gasteiger partial charge in [-0.05, 0) is 11.6 Å². The van der Waals surface area contributed by atoms with Crippen molar-refractivity contribution in [3.05, 3.63) is 53.3 Å². The SMILES string of the molecule is Cn1cc(CNC(=O)CC2C(=O)NCCN2Cc2ccccc2C(F)(F)F)cn1. The second kappa shape index (κ2) is 8.64. The topological polar surface area (TPSA) is 79.3 Å². The zero-order valence-electron chi connectivity index (χ0n) is 15.9. The lowest BCUT2D eigenvalue weighted by Gasteiger charge is -2.35. The lowest BCUT2D eigenvalue weighted by atomic mass is 10.0. The van der Waals surface area contributed by atoms with Crippen molar-refractivity contribution >= 4 is 11.8 Å². The minimum absolute atomic E-state index is 0.0658. The number of piperazine rings is 1. The minimum Gasteiger partial charge on any atom is -0.353 e. The summed E-state index contributed by atoms with van der Waals surface area (Å²) in [7, 11) is 1.76. The Morgan fingerprint density at radius 2 is 2.10 bits per heavy atom. The molecule has 1 atom stereocenters. The highest BCUT2D eigenvalue weighted by Crippen LogP contribution is 2.32. The predicted octanol–water partition coefficient (Wildman–Crippen LogP) is 1.45. The van der Waals surface area contributed by atoms with E-state index >= 15 is 0 Å². The Morgan fingerprint density at radius 1 is 1.34 bits per heavy atom. The average molecular weight is 409 g/mol. The van der Waals surface area contributed by atoms with Gasteiger partial charge in [-0.3, -0.25) is 19.2 Å². The van der Waals surface area contributed by atoms with E-state index in [1.165, 1.54) is 18.2 Å². The first kappa shape index (κ1) is 20.8. The number of amides is 2. The molecule has 1 unspecified atom stereocenters. The maximum Gasteiger partial charge on any atom is 0.416 e. The van der Waals surface area contributed by atoms with Crippen molar-refractivity contribution in [3.8, 4) is 0 Å². The quantitative estimate of drug-likeness (QED) is 0.757. The van der Waals surface area contributed by atoms with Crippen LogP contribution in [0.4, 0.5) is 13.2 Å². The van der Waals surface area contributed by atoms with E-state index in [0.29, 0.717) is 13.1 Å². The predicted molar refractivity (Wildman–Crippen MR) is 98.3 cm³/mol. The lowest BCUT2D eigenvalue weighted by Crippen LogP contribution is -2.56. The fourth-order valence-electron chi connectivity index (χ4n) is 3.34. The second-order valence-electron chi connectivity index (χ2n) is 6.94. The van der Waals surface area contributed by atoms with Crippen LogP contribution in [-0.4, -0.2) is 45.6 Å². The van der Waals surface area contributed by atoms with E-state index in [0.717, 1.165) is 11.6 Å². The molecule has 3 rings (SSSR count). The number of halogens is 3. The molecule has 1 aromatic carbocycles. The Labute approximate surface area is 165 Å². The summed E-state index contributed by atoms with van der Waals surface area (Å²) in [5.41, 5.74) is 0.158.